The summed E-state index contributed by atoms with van der Waals surface area (Å²) in [5, 5.41) is 0. The number of rotatable bonds is 10. The van der Waals surface area contributed by atoms with Crippen molar-refractivity contribution >= 4 is 0 Å². The smallest absolute Gasteiger partial charge is 0.237 e. The summed E-state index contributed by atoms with van der Waals surface area (Å²) >= 11 is 0. The molecule has 0 aliphatic rings. The summed E-state index contributed by atoms with van der Waals surface area (Å²) in [5.74, 6) is 15.9. The molecule has 0 unspecified atom stereocenters. The summed E-state index contributed by atoms with van der Waals surface area (Å²) in [7, 11) is 0. The zero-order valence-corrected chi connectivity index (χ0v) is 25.8. The monoisotopic (exact) mass is 576 g/mol. The second-order valence-corrected chi connectivity index (χ2v) is 11.2. The van der Waals surface area contributed by atoms with E-state index < -0.39 is 0 Å². The Bertz CT molecular complexity index is 1710. The third-order valence-electron chi connectivity index (χ3n) is 7.47. The molecule has 0 radical (unpaired) electrons. The highest BCUT2D eigenvalue weighted by Crippen LogP contribution is 2.11. The molecule has 0 atom stereocenters. The predicted molar refractivity (Wildman–Crippen MR) is 176 cm³/mol. The van der Waals surface area contributed by atoms with Crippen molar-refractivity contribution < 1.29 is 9.13 Å². The van der Waals surface area contributed by atoms with Crippen LogP contribution in [0.15, 0.2) is 104 Å². The average molecular weight is 577 g/mol. The van der Waals surface area contributed by atoms with E-state index in [1.54, 1.807) is 0 Å². The van der Waals surface area contributed by atoms with Crippen LogP contribution in [0.5, 0.6) is 0 Å². The fourth-order valence-electron chi connectivity index (χ4n) is 4.96. The average Bonchev–Trinajstić information content (AvgIpc) is 3.71. The summed E-state index contributed by atoms with van der Waals surface area (Å²) in [4.78, 5) is 0. The Morgan fingerprint density at radius 1 is 0.568 bits per heavy atom. The predicted octanol–water partition coefficient (Wildman–Crippen LogP) is 6.34. The van der Waals surface area contributed by atoms with Crippen LogP contribution in [-0.2, 0) is 26.2 Å². The quantitative estimate of drug-likeness (QED) is 0.136. The molecule has 0 spiro atoms. The van der Waals surface area contributed by atoms with Crippen molar-refractivity contribution in [3.8, 4) is 36.0 Å². The van der Waals surface area contributed by atoms with Crippen molar-refractivity contribution in [3.63, 3.8) is 0 Å². The number of terminal acetylenes is 1. The molecule has 5 rings (SSSR count). The third kappa shape index (κ3) is 8.88. The number of unbranched alkanes of at least 4 members (excludes halogenated alkanes) is 2. The fraction of sp³-hybridized carbons (Fsp3) is 0.250. The molecule has 2 heterocycles. The molecule has 218 valence electrons. The molecule has 0 saturated carbocycles. The molecule has 0 aliphatic heterocycles. The Balaban J connectivity index is 1.22. The van der Waals surface area contributed by atoms with Gasteiger partial charge in [-0.1, -0.05) is 80.6 Å². The molecule has 0 bridgehead atoms. The maximum atomic E-state index is 5.76. The molecule has 5 aromatic rings. The van der Waals surface area contributed by atoms with E-state index in [1.165, 1.54) is 36.8 Å². The second kappa shape index (κ2) is 15.3. The summed E-state index contributed by atoms with van der Waals surface area (Å²) < 4.78 is 8.92. The van der Waals surface area contributed by atoms with Gasteiger partial charge in [0.25, 0.3) is 0 Å². The molecule has 3 aromatic carbocycles. The highest BCUT2D eigenvalue weighted by Gasteiger charge is 2.06. The van der Waals surface area contributed by atoms with E-state index in [4.69, 9.17) is 6.42 Å². The minimum absolute atomic E-state index is 0.776. The Morgan fingerprint density at radius 3 is 1.39 bits per heavy atom. The van der Waals surface area contributed by atoms with Crippen molar-refractivity contribution in [3.05, 3.63) is 143 Å². The first-order chi connectivity index (χ1) is 21.6. The van der Waals surface area contributed by atoms with E-state index in [9.17, 15) is 0 Å². The van der Waals surface area contributed by atoms with Crippen LogP contribution < -0.4 is 9.13 Å². The van der Waals surface area contributed by atoms with Gasteiger partial charge in [-0.15, -0.1) is 6.42 Å². The Labute approximate surface area is 262 Å². The van der Waals surface area contributed by atoms with Gasteiger partial charge < -0.3 is 0 Å². The van der Waals surface area contributed by atoms with Crippen LogP contribution in [0.1, 0.15) is 78.5 Å². The van der Waals surface area contributed by atoms with Crippen LogP contribution in [0.3, 0.4) is 0 Å². The van der Waals surface area contributed by atoms with Gasteiger partial charge in [-0.3, -0.25) is 0 Å². The number of hydrogen-bond acceptors (Lipinski definition) is 0. The fourth-order valence-corrected chi connectivity index (χ4v) is 4.96. The molecule has 4 nitrogen and oxygen atoms in total. The van der Waals surface area contributed by atoms with Gasteiger partial charge in [0.15, 0.2) is 0 Å². The molecular weight excluding hydrogens is 536 g/mol. The zero-order valence-electron chi connectivity index (χ0n) is 25.8. The van der Waals surface area contributed by atoms with E-state index in [2.05, 4.69) is 148 Å². The van der Waals surface area contributed by atoms with E-state index in [-0.39, 0.29) is 0 Å². The van der Waals surface area contributed by atoms with Crippen LogP contribution >= 0.6 is 0 Å². The molecule has 0 saturated heterocycles. The first kappa shape index (κ1) is 30.2. The lowest BCUT2D eigenvalue weighted by Gasteiger charge is -2.00. The molecule has 0 aliphatic carbocycles. The van der Waals surface area contributed by atoms with Crippen LogP contribution in [-0.4, -0.2) is 9.13 Å². The van der Waals surface area contributed by atoms with Gasteiger partial charge >= 0.3 is 0 Å². The van der Waals surface area contributed by atoms with Gasteiger partial charge in [-0.05, 0) is 66.4 Å². The van der Waals surface area contributed by atoms with Crippen molar-refractivity contribution in [1.82, 2.24) is 9.13 Å². The van der Waals surface area contributed by atoms with E-state index >= 15 is 0 Å². The first-order valence-corrected chi connectivity index (χ1v) is 15.5. The normalized spacial score (nSPS) is 10.4. The number of benzene rings is 3. The molecule has 44 heavy (non-hydrogen) atoms. The largest absolute Gasteiger partial charge is 0.244 e. The number of aryl methyl sites for hydroxylation is 2. The van der Waals surface area contributed by atoms with E-state index in [0.29, 0.717) is 0 Å². The number of hydrogen-bond donors (Lipinski definition) is 0. The highest BCUT2D eigenvalue weighted by atomic mass is 15.1. The van der Waals surface area contributed by atoms with E-state index in [1.807, 2.05) is 18.2 Å². The number of nitrogens with zero attached hydrogens (tertiary/aromatic N) is 4. The Hall–Kier alpha value is -5.24. The van der Waals surface area contributed by atoms with Gasteiger partial charge in [0.1, 0.15) is 37.9 Å². The zero-order chi connectivity index (χ0) is 30.6. The second-order valence-electron chi connectivity index (χ2n) is 11.2. The van der Waals surface area contributed by atoms with Crippen LogP contribution in [0.25, 0.3) is 0 Å². The molecule has 4 heteroatoms. The van der Waals surface area contributed by atoms with Gasteiger partial charge in [-0.2, -0.15) is 0 Å². The van der Waals surface area contributed by atoms with Crippen molar-refractivity contribution in [2.24, 2.45) is 0 Å². The van der Waals surface area contributed by atoms with Crippen LogP contribution in [0.4, 0.5) is 0 Å². The van der Waals surface area contributed by atoms with Gasteiger partial charge in [0.2, 0.25) is 12.7 Å². The van der Waals surface area contributed by atoms with Crippen LogP contribution in [0.2, 0.25) is 0 Å². The lowest BCUT2D eigenvalue weighted by molar-refractivity contribution is -0.688. The topological polar surface area (TPSA) is 17.6 Å². The van der Waals surface area contributed by atoms with Gasteiger partial charge in [-0.25, -0.2) is 18.3 Å². The summed E-state index contributed by atoms with van der Waals surface area (Å²) in [6.45, 7) is 8.25. The summed E-state index contributed by atoms with van der Waals surface area (Å²) in [5.41, 5.74) is 6.91. The van der Waals surface area contributed by atoms with Crippen molar-refractivity contribution in [2.75, 3.05) is 0 Å². The molecule has 2 aromatic heterocycles. The Kier molecular flexibility index (Phi) is 10.5. The SMILES string of the molecule is C#Cc1cc(C#Cc2ccc(C[n+]3ccn(CCCC)c3)cc2)cc(C#Cc2ccc(C[n+]3ccn(CCCC)c3)cc2)c1. The minimum atomic E-state index is 0.776. The number of aromatic nitrogens is 4. The third-order valence-corrected chi connectivity index (χ3v) is 7.47. The van der Waals surface area contributed by atoms with Gasteiger partial charge in [0.05, 0.1) is 13.1 Å². The van der Waals surface area contributed by atoms with Crippen LogP contribution in [0, 0.1) is 36.0 Å². The Morgan fingerprint density at radius 2 is 0.977 bits per heavy atom. The van der Waals surface area contributed by atoms with Gasteiger partial charge in [0, 0.05) is 27.8 Å². The molecule has 0 fully saturated rings. The first-order valence-electron chi connectivity index (χ1n) is 15.5. The standard InChI is InChI=1S/C40H40N4/c1-4-7-21-41-23-25-43(32-41)30-37-15-9-35(10-16-37)13-19-39-27-34(6-3)28-40(29-39)20-14-36-11-17-38(18-12-36)31-44-26-24-42(33-44)22-8-5-2/h3,9-12,15-18,23-29,32-33H,4-5,7-8,21-22,30-31H2,1-2H3/q+2. The van der Waals surface area contributed by atoms with Crippen molar-refractivity contribution in [1.29, 1.82) is 0 Å². The lowest BCUT2D eigenvalue weighted by atomic mass is 10.0. The lowest BCUT2D eigenvalue weighted by Crippen LogP contribution is -2.31. The number of imidazole rings is 2. The maximum Gasteiger partial charge on any atom is 0.244 e. The van der Waals surface area contributed by atoms with Crippen molar-refractivity contribution in [2.45, 2.75) is 65.7 Å². The maximum absolute atomic E-state index is 5.76. The van der Waals surface area contributed by atoms with E-state index in [0.717, 1.165) is 54.0 Å². The molecular formula is C40H40N4+2. The molecule has 0 amide bonds. The summed E-state index contributed by atoms with van der Waals surface area (Å²) in [6, 6.07) is 22.8. The molecule has 0 N–H and O–H groups in total. The highest BCUT2D eigenvalue weighted by molar-refractivity contribution is 5.54. The minimum Gasteiger partial charge on any atom is -0.237 e. The summed E-state index contributed by atoms with van der Waals surface area (Å²) in [6.07, 6.45) is 23.4.